The highest BCUT2D eigenvalue weighted by atomic mass is 16.5. The third-order valence-electron chi connectivity index (χ3n) is 2.87. The molecule has 0 aliphatic rings. The summed E-state index contributed by atoms with van der Waals surface area (Å²) in [6.07, 6.45) is 0.816. The number of nitrogens with zero attached hydrogens (tertiary/aromatic N) is 1. The van der Waals surface area contributed by atoms with Crippen LogP contribution in [-0.4, -0.2) is 12.5 Å². The molecule has 4 nitrogen and oxygen atoms in total. The van der Waals surface area contributed by atoms with Crippen molar-refractivity contribution in [3.63, 3.8) is 0 Å². The Morgan fingerprint density at radius 3 is 2.25 bits per heavy atom. The molecule has 0 aliphatic heterocycles. The zero-order valence-electron chi connectivity index (χ0n) is 11.3. The van der Waals surface area contributed by atoms with Gasteiger partial charge in [-0.15, -0.1) is 0 Å². The van der Waals surface area contributed by atoms with Crippen LogP contribution in [0.5, 0.6) is 5.75 Å². The number of benzene rings is 2. The molecule has 0 spiro atoms. The van der Waals surface area contributed by atoms with Gasteiger partial charge in [0.15, 0.2) is 5.96 Å². The second kappa shape index (κ2) is 7.19. The summed E-state index contributed by atoms with van der Waals surface area (Å²) in [7, 11) is 0. The Hall–Kier alpha value is -2.49. The van der Waals surface area contributed by atoms with Gasteiger partial charge in [0.2, 0.25) is 0 Å². The number of hydrogen-bond donors (Lipinski definition) is 2. The molecule has 104 valence electrons. The molecule has 0 bridgehead atoms. The Morgan fingerprint density at radius 2 is 1.60 bits per heavy atom. The first kappa shape index (κ1) is 13.9. The molecule has 0 unspecified atom stereocenters. The Labute approximate surface area is 119 Å². The van der Waals surface area contributed by atoms with Crippen molar-refractivity contribution >= 4 is 5.96 Å². The zero-order valence-corrected chi connectivity index (χ0v) is 11.3. The lowest BCUT2D eigenvalue weighted by Gasteiger charge is -2.07. The summed E-state index contributed by atoms with van der Waals surface area (Å²) in [6, 6.07) is 18.1. The molecule has 0 radical (unpaired) electrons. The average Bonchev–Trinajstić information content (AvgIpc) is 2.47. The van der Waals surface area contributed by atoms with Crippen LogP contribution in [0, 0.1) is 0 Å². The highest BCUT2D eigenvalue weighted by Gasteiger charge is 1.97. The van der Waals surface area contributed by atoms with E-state index < -0.39 is 0 Å². The maximum absolute atomic E-state index is 5.72. The summed E-state index contributed by atoms with van der Waals surface area (Å²) in [6.45, 7) is 1.18. The van der Waals surface area contributed by atoms with Crippen LogP contribution in [0.15, 0.2) is 59.6 Å². The lowest BCUT2D eigenvalue weighted by atomic mass is 10.1. The van der Waals surface area contributed by atoms with E-state index in [0.29, 0.717) is 13.2 Å². The first-order chi connectivity index (χ1) is 9.74. The summed E-state index contributed by atoms with van der Waals surface area (Å²) in [5, 5.41) is 0. The Morgan fingerprint density at radius 1 is 0.900 bits per heavy atom. The van der Waals surface area contributed by atoms with E-state index in [1.54, 1.807) is 0 Å². The third-order valence-corrected chi connectivity index (χ3v) is 2.87. The lowest BCUT2D eigenvalue weighted by molar-refractivity contribution is 0.306. The molecule has 4 heteroatoms. The first-order valence-corrected chi connectivity index (χ1v) is 6.55. The molecule has 2 aromatic rings. The SMILES string of the molecule is NC(N)=NCCc1ccc(OCc2ccccc2)cc1. The van der Waals surface area contributed by atoms with Gasteiger partial charge in [0.1, 0.15) is 12.4 Å². The molecule has 20 heavy (non-hydrogen) atoms. The lowest BCUT2D eigenvalue weighted by Crippen LogP contribution is -2.23. The first-order valence-electron chi connectivity index (χ1n) is 6.55. The van der Waals surface area contributed by atoms with Crippen LogP contribution in [0.25, 0.3) is 0 Å². The van der Waals surface area contributed by atoms with Crippen LogP contribution in [0.3, 0.4) is 0 Å². The van der Waals surface area contributed by atoms with Crippen molar-refractivity contribution in [3.8, 4) is 5.75 Å². The van der Waals surface area contributed by atoms with Gasteiger partial charge in [0.25, 0.3) is 0 Å². The number of rotatable bonds is 6. The molecule has 0 amide bonds. The van der Waals surface area contributed by atoms with E-state index in [0.717, 1.165) is 17.7 Å². The normalized spacial score (nSPS) is 10.0. The van der Waals surface area contributed by atoms with Crippen LogP contribution < -0.4 is 16.2 Å². The number of hydrogen-bond acceptors (Lipinski definition) is 2. The van der Waals surface area contributed by atoms with E-state index in [9.17, 15) is 0 Å². The van der Waals surface area contributed by atoms with Crippen LogP contribution >= 0.6 is 0 Å². The second-order valence-corrected chi connectivity index (χ2v) is 4.47. The molecule has 0 saturated heterocycles. The molecular weight excluding hydrogens is 250 g/mol. The van der Waals surface area contributed by atoms with Gasteiger partial charge >= 0.3 is 0 Å². The molecular formula is C16H19N3O. The molecule has 2 rings (SSSR count). The molecule has 0 aromatic heterocycles. The smallest absolute Gasteiger partial charge is 0.185 e. The summed E-state index contributed by atoms with van der Waals surface area (Å²) < 4.78 is 5.72. The van der Waals surface area contributed by atoms with E-state index in [1.165, 1.54) is 5.56 Å². The van der Waals surface area contributed by atoms with Gasteiger partial charge in [-0.3, -0.25) is 4.99 Å². The molecule has 0 atom stereocenters. The van der Waals surface area contributed by atoms with Crippen LogP contribution in [0.4, 0.5) is 0 Å². The quantitative estimate of drug-likeness (QED) is 0.623. The van der Waals surface area contributed by atoms with E-state index in [1.807, 2.05) is 54.6 Å². The predicted molar refractivity (Wildman–Crippen MR) is 81.6 cm³/mol. The van der Waals surface area contributed by atoms with Gasteiger partial charge in [-0.2, -0.15) is 0 Å². The summed E-state index contributed by atoms with van der Waals surface area (Å²) in [5.74, 6) is 0.993. The number of guanidine groups is 1. The van der Waals surface area contributed by atoms with Gasteiger partial charge in [-0.05, 0) is 29.7 Å². The largest absolute Gasteiger partial charge is 0.489 e. The van der Waals surface area contributed by atoms with Gasteiger partial charge < -0.3 is 16.2 Å². The van der Waals surface area contributed by atoms with Crippen molar-refractivity contribution in [2.75, 3.05) is 6.54 Å². The van der Waals surface area contributed by atoms with Crippen LogP contribution in [0.2, 0.25) is 0 Å². The van der Waals surface area contributed by atoms with E-state index in [-0.39, 0.29) is 5.96 Å². The van der Waals surface area contributed by atoms with Gasteiger partial charge in [-0.25, -0.2) is 0 Å². The number of aliphatic imine (C=N–C) groups is 1. The summed E-state index contributed by atoms with van der Waals surface area (Å²) in [5.41, 5.74) is 12.9. The Balaban J connectivity index is 1.84. The fourth-order valence-electron chi connectivity index (χ4n) is 1.81. The second-order valence-electron chi connectivity index (χ2n) is 4.47. The molecule has 4 N–H and O–H groups in total. The van der Waals surface area contributed by atoms with Gasteiger partial charge in [-0.1, -0.05) is 42.5 Å². The predicted octanol–water partition coefficient (Wildman–Crippen LogP) is 2.08. The van der Waals surface area contributed by atoms with E-state index >= 15 is 0 Å². The fourth-order valence-corrected chi connectivity index (χ4v) is 1.81. The fraction of sp³-hybridized carbons (Fsp3) is 0.188. The summed E-state index contributed by atoms with van der Waals surface area (Å²) >= 11 is 0. The molecule has 2 aromatic carbocycles. The average molecular weight is 269 g/mol. The van der Waals surface area contributed by atoms with Crippen molar-refractivity contribution in [1.82, 2.24) is 0 Å². The minimum Gasteiger partial charge on any atom is -0.489 e. The third kappa shape index (κ3) is 4.65. The molecule has 0 saturated carbocycles. The van der Waals surface area contributed by atoms with Crippen molar-refractivity contribution < 1.29 is 4.74 Å². The Bertz CT molecular complexity index is 546. The highest BCUT2D eigenvalue weighted by Crippen LogP contribution is 2.14. The van der Waals surface area contributed by atoms with Gasteiger partial charge in [0.05, 0.1) is 0 Å². The topological polar surface area (TPSA) is 73.6 Å². The number of ether oxygens (including phenoxy) is 1. The molecule has 0 fully saturated rings. The van der Waals surface area contributed by atoms with Crippen molar-refractivity contribution in [2.24, 2.45) is 16.5 Å². The maximum atomic E-state index is 5.72. The molecule has 0 aliphatic carbocycles. The van der Waals surface area contributed by atoms with Gasteiger partial charge in [0, 0.05) is 6.54 Å². The van der Waals surface area contributed by atoms with Crippen molar-refractivity contribution in [2.45, 2.75) is 13.0 Å². The van der Waals surface area contributed by atoms with Crippen LogP contribution in [-0.2, 0) is 13.0 Å². The Kier molecular flexibility index (Phi) is 5.00. The zero-order chi connectivity index (χ0) is 14.2. The minimum absolute atomic E-state index is 0.132. The number of nitrogens with two attached hydrogens (primary N) is 2. The van der Waals surface area contributed by atoms with E-state index in [4.69, 9.17) is 16.2 Å². The summed E-state index contributed by atoms with van der Waals surface area (Å²) in [4.78, 5) is 3.96. The van der Waals surface area contributed by atoms with Crippen molar-refractivity contribution in [3.05, 3.63) is 65.7 Å². The van der Waals surface area contributed by atoms with Crippen LogP contribution in [0.1, 0.15) is 11.1 Å². The maximum Gasteiger partial charge on any atom is 0.185 e. The van der Waals surface area contributed by atoms with E-state index in [2.05, 4.69) is 4.99 Å². The molecule has 0 heterocycles. The minimum atomic E-state index is 0.132. The standard InChI is InChI=1S/C16H19N3O/c17-16(18)19-11-10-13-6-8-15(9-7-13)20-12-14-4-2-1-3-5-14/h1-9H,10-12H2,(H4,17,18,19). The van der Waals surface area contributed by atoms with Crippen molar-refractivity contribution in [1.29, 1.82) is 0 Å². The monoisotopic (exact) mass is 269 g/mol. The highest BCUT2D eigenvalue weighted by molar-refractivity contribution is 5.75.